The largest absolute Gasteiger partial charge is 0.353 e. The van der Waals surface area contributed by atoms with Gasteiger partial charge in [-0.3, -0.25) is 9.59 Å². The third kappa shape index (κ3) is 3.96. The fourth-order valence-corrected chi connectivity index (χ4v) is 3.26. The lowest BCUT2D eigenvalue weighted by atomic mass is 10.1. The Morgan fingerprint density at radius 1 is 1.03 bits per heavy atom. The van der Waals surface area contributed by atoms with E-state index in [0.29, 0.717) is 6.54 Å². The van der Waals surface area contributed by atoms with Gasteiger partial charge in [0.2, 0.25) is 5.91 Å². The van der Waals surface area contributed by atoms with Crippen molar-refractivity contribution in [1.82, 2.24) is 20.6 Å². The van der Waals surface area contributed by atoms with Crippen molar-refractivity contribution in [2.45, 2.75) is 26.4 Å². The van der Waals surface area contributed by atoms with Crippen LogP contribution in [-0.2, 0) is 11.3 Å². The first-order valence-corrected chi connectivity index (χ1v) is 9.52. The summed E-state index contributed by atoms with van der Waals surface area (Å²) in [7, 11) is 0. The maximum absolute atomic E-state index is 12.6. The van der Waals surface area contributed by atoms with E-state index in [2.05, 4.69) is 20.6 Å². The van der Waals surface area contributed by atoms with Crippen LogP contribution in [0.15, 0.2) is 60.8 Å². The van der Waals surface area contributed by atoms with Crippen LogP contribution in [-0.4, -0.2) is 27.8 Å². The Hall–Kier alpha value is -3.67. The van der Waals surface area contributed by atoms with Gasteiger partial charge in [0.1, 0.15) is 11.7 Å². The first-order valence-electron chi connectivity index (χ1n) is 9.52. The monoisotopic (exact) mass is 386 g/mol. The molecule has 6 nitrogen and oxygen atoms in total. The van der Waals surface area contributed by atoms with Gasteiger partial charge in [-0.1, -0.05) is 48.0 Å². The number of hydrogen-bond acceptors (Lipinski definition) is 3. The molecule has 146 valence electrons. The molecular formula is C23H22N4O2. The number of hydrogen-bond donors (Lipinski definition) is 3. The van der Waals surface area contributed by atoms with Gasteiger partial charge < -0.3 is 15.6 Å². The molecule has 0 radical (unpaired) electrons. The number of pyridine rings is 1. The number of benzene rings is 2. The van der Waals surface area contributed by atoms with E-state index in [4.69, 9.17) is 0 Å². The molecule has 1 atom stereocenters. The Morgan fingerprint density at radius 3 is 2.59 bits per heavy atom. The number of nitrogens with zero attached hydrogens (tertiary/aromatic N) is 1. The van der Waals surface area contributed by atoms with Crippen molar-refractivity contribution in [1.29, 1.82) is 0 Å². The SMILES string of the molecule is Cc1ccc(CNC(=O)C(C)NC(=O)c2cc3c(cn2)[nH]c2ccccc23)cc1. The maximum atomic E-state index is 12.6. The Bertz CT molecular complexity index is 1190. The standard InChI is InChI=1S/C23H22N4O2/c1-14-7-9-16(10-8-14)12-25-22(28)15(2)26-23(29)20-11-18-17-5-3-4-6-19(17)27-21(18)13-24-20/h3-11,13,15,27H,12H2,1-2H3,(H,25,28)(H,26,29). The summed E-state index contributed by atoms with van der Waals surface area (Å²) < 4.78 is 0. The van der Waals surface area contributed by atoms with Crippen LogP contribution in [0.2, 0.25) is 0 Å². The van der Waals surface area contributed by atoms with E-state index in [-0.39, 0.29) is 17.5 Å². The van der Waals surface area contributed by atoms with Crippen LogP contribution in [0.1, 0.15) is 28.5 Å². The van der Waals surface area contributed by atoms with E-state index >= 15 is 0 Å². The van der Waals surface area contributed by atoms with Crippen LogP contribution in [0, 0.1) is 6.92 Å². The number of aromatic nitrogens is 2. The predicted octanol–water partition coefficient (Wildman–Crippen LogP) is 3.46. The third-order valence-corrected chi connectivity index (χ3v) is 4.95. The minimum absolute atomic E-state index is 0.243. The highest BCUT2D eigenvalue weighted by molar-refractivity contribution is 6.09. The Morgan fingerprint density at radius 2 is 1.79 bits per heavy atom. The molecule has 0 aliphatic carbocycles. The maximum Gasteiger partial charge on any atom is 0.270 e. The van der Waals surface area contributed by atoms with Gasteiger partial charge in [-0.15, -0.1) is 0 Å². The molecule has 2 aromatic carbocycles. The molecule has 0 aliphatic heterocycles. The second-order valence-electron chi connectivity index (χ2n) is 7.18. The predicted molar refractivity (Wildman–Crippen MR) is 114 cm³/mol. The zero-order chi connectivity index (χ0) is 20.4. The molecule has 2 aromatic heterocycles. The summed E-state index contributed by atoms with van der Waals surface area (Å²) in [5.74, 6) is -0.623. The lowest BCUT2D eigenvalue weighted by Gasteiger charge is -2.14. The number of nitrogens with one attached hydrogen (secondary N) is 3. The Kier molecular flexibility index (Phi) is 4.99. The summed E-state index contributed by atoms with van der Waals surface area (Å²) in [6, 6.07) is 16.9. The fraction of sp³-hybridized carbons (Fsp3) is 0.174. The van der Waals surface area contributed by atoms with Gasteiger partial charge in [0.05, 0.1) is 11.7 Å². The number of carbonyl (C=O) groups is 2. The second kappa shape index (κ2) is 7.75. The molecule has 0 aliphatic rings. The number of aryl methyl sites for hydroxylation is 1. The van der Waals surface area contributed by atoms with Crippen molar-refractivity contribution in [2.24, 2.45) is 0 Å². The zero-order valence-corrected chi connectivity index (χ0v) is 16.3. The van der Waals surface area contributed by atoms with Crippen LogP contribution in [0.5, 0.6) is 0 Å². The number of para-hydroxylation sites is 1. The van der Waals surface area contributed by atoms with E-state index in [0.717, 1.165) is 27.4 Å². The molecule has 29 heavy (non-hydrogen) atoms. The highest BCUT2D eigenvalue weighted by Crippen LogP contribution is 2.24. The van der Waals surface area contributed by atoms with Gasteiger partial charge >= 0.3 is 0 Å². The molecule has 1 unspecified atom stereocenters. The van der Waals surface area contributed by atoms with E-state index in [1.54, 1.807) is 19.2 Å². The average Bonchev–Trinajstić information content (AvgIpc) is 3.11. The number of rotatable bonds is 5. The Balaban J connectivity index is 1.43. The van der Waals surface area contributed by atoms with Crippen LogP contribution in [0.4, 0.5) is 0 Å². The summed E-state index contributed by atoms with van der Waals surface area (Å²) >= 11 is 0. The number of amides is 2. The summed E-state index contributed by atoms with van der Waals surface area (Å²) in [6.45, 7) is 4.09. The molecule has 2 amide bonds. The van der Waals surface area contributed by atoms with Gasteiger partial charge in [0.25, 0.3) is 5.91 Å². The van der Waals surface area contributed by atoms with Crippen LogP contribution in [0.25, 0.3) is 21.8 Å². The first-order chi connectivity index (χ1) is 14.0. The van der Waals surface area contributed by atoms with Crippen molar-refractivity contribution < 1.29 is 9.59 Å². The van der Waals surface area contributed by atoms with Gasteiger partial charge in [-0.05, 0) is 31.5 Å². The molecule has 6 heteroatoms. The molecule has 4 rings (SSSR count). The van der Waals surface area contributed by atoms with Crippen molar-refractivity contribution in [3.05, 3.63) is 77.6 Å². The number of carbonyl (C=O) groups excluding carboxylic acids is 2. The van der Waals surface area contributed by atoms with E-state index < -0.39 is 6.04 Å². The van der Waals surface area contributed by atoms with E-state index in [9.17, 15) is 9.59 Å². The smallest absolute Gasteiger partial charge is 0.270 e. The summed E-state index contributed by atoms with van der Waals surface area (Å²) in [5.41, 5.74) is 4.31. The van der Waals surface area contributed by atoms with E-state index in [1.165, 1.54) is 5.56 Å². The van der Waals surface area contributed by atoms with Gasteiger partial charge in [0.15, 0.2) is 0 Å². The molecule has 0 saturated heterocycles. The molecular weight excluding hydrogens is 364 g/mol. The first kappa shape index (κ1) is 18.7. The topological polar surface area (TPSA) is 86.9 Å². The quantitative estimate of drug-likeness (QED) is 0.491. The normalized spacial score (nSPS) is 12.1. The molecule has 3 N–H and O–H groups in total. The summed E-state index contributed by atoms with van der Waals surface area (Å²) in [6.07, 6.45) is 1.65. The van der Waals surface area contributed by atoms with Crippen molar-refractivity contribution in [2.75, 3.05) is 0 Å². The average molecular weight is 386 g/mol. The number of aromatic amines is 1. The lowest BCUT2D eigenvalue weighted by Crippen LogP contribution is -2.44. The highest BCUT2D eigenvalue weighted by atomic mass is 16.2. The van der Waals surface area contributed by atoms with Crippen molar-refractivity contribution in [3.63, 3.8) is 0 Å². The lowest BCUT2D eigenvalue weighted by molar-refractivity contribution is -0.122. The molecule has 2 heterocycles. The molecule has 0 fully saturated rings. The van der Waals surface area contributed by atoms with Crippen LogP contribution >= 0.6 is 0 Å². The summed E-state index contributed by atoms with van der Waals surface area (Å²) in [4.78, 5) is 32.5. The Labute approximate surface area is 168 Å². The minimum atomic E-state index is -0.673. The van der Waals surface area contributed by atoms with Crippen LogP contribution < -0.4 is 10.6 Å². The van der Waals surface area contributed by atoms with Gasteiger partial charge in [0, 0.05) is 22.8 Å². The molecule has 0 bridgehead atoms. The zero-order valence-electron chi connectivity index (χ0n) is 16.3. The van der Waals surface area contributed by atoms with Crippen molar-refractivity contribution >= 4 is 33.6 Å². The highest BCUT2D eigenvalue weighted by Gasteiger charge is 2.18. The second-order valence-corrected chi connectivity index (χ2v) is 7.18. The number of fused-ring (bicyclic) bond motifs is 3. The third-order valence-electron chi connectivity index (χ3n) is 4.95. The summed E-state index contributed by atoms with van der Waals surface area (Å²) in [5, 5.41) is 7.53. The fourth-order valence-electron chi connectivity index (χ4n) is 3.26. The van der Waals surface area contributed by atoms with Crippen LogP contribution in [0.3, 0.4) is 0 Å². The minimum Gasteiger partial charge on any atom is -0.353 e. The molecule has 0 saturated carbocycles. The van der Waals surface area contributed by atoms with E-state index in [1.807, 2.05) is 55.5 Å². The molecule has 4 aromatic rings. The van der Waals surface area contributed by atoms with Gasteiger partial charge in [-0.2, -0.15) is 0 Å². The molecule has 0 spiro atoms. The van der Waals surface area contributed by atoms with Gasteiger partial charge in [-0.25, -0.2) is 4.98 Å². The number of H-pyrrole nitrogens is 1. The van der Waals surface area contributed by atoms with Crippen molar-refractivity contribution in [3.8, 4) is 0 Å².